The van der Waals surface area contributed by atoms with Gasteiger partial charge in [-0.3, -0.25) is 9.36 Å². The lowest BCUT2D eigenvalue weighted by Gasteiger charge is -2.24. The van der Waals surface area contributed by atoms with Gasteiger partial charge < -0.3 is 9.47 Å². The first-order chi connectivity index (χ1) is 16.5. The van der Waals surface area contributed by atoms with E-state index in [2.05, 4.69) is 11.6 Å². The number of methoxy groups -OCH3 is 1. The van der Waals surface area contributed by atoms with E-state index in [4.69, 9.17) is 9.47 Å². The van der Waals surface area contributed by atoms with Gasteiger partial charge in [-0.25, -0.2) is 9.79 Å². The summed E-state index contributed by atoms with van der Waals surface area (Å²) in [5, 5.41) is 0. The molecule has 1 atom stereocenters. The van der Waals surface area contributed by atoms with Crippen molar-refractivity contribution in [2.45, 2.75) is 13.0 Å². The average Bonchev–Trinajstić information content (AvgIpc) is 3.17. The van der Waals surface area contributed by atoms with Crippen molar-refractivity contribution in [2.75, 3.05) is 13.7 Å². The molecule has 0 amide bonds. The van der Waals surface area contributed by atoms with Crippen molar-refractivity contribution in [1.82, 2.24) is 4.57 Å². The number of thiazole rings is 1. The van der Waals surface area contributed by atoms with Gasteiger partial charge in [0.1, 0.15) is 12.4 Å². The molecule has 0 saturated carbocycles. The number of para-hydroxylation sites is 1. The third-order valence-electron chi connectivity index (χ3n) is 5.35. The summed E-state index contributed by atoms with van der Waals surface area (Å²) in [6, 6.07) is 16.4. The molecule has 34 heavy (non-hydrogen) atoms. The minimum atomic E-state index is -0.630. The minimum absolute atomic E-state index is 0.0787. The van der Waals surface area contributed by atoms with Gasteiger partial charge in [-0.2, -0.15) is 0 Å². The van der Waals surface area contributed by atoms with Crippen molar-refractivity contribution in [1.29, 1.82) is 0 Å². The van der Waals surface area contributed by atoms with E-state index in [0.29, 0.717) is 20.6 Å². The van der Waals surface area contributed by atoms with Crippen LogP contribution in [0.4, 0.5) is 0 Å². The molecule has 4 rings (SSSR count). The summed E-state index contributed by atoms with van der Waals surface area (Å²) in [7, 11) is 1.62. The SMILES string of the molecule is C=CCOC(=O)C1=C(C)N=c2sc(=CC=Cc3ccccc3OC)c(=O)n2C1c1ccccc1. The first-order valence-electron chi connectivity index (χ1n) is 10.7. The summed E-state index contributed by atoms with van der Waals surface area (Å²) in [5.41, 5.74) is 2.36. The third-order valence-corrected chi connectivity index (χ3v) is 6.35. The van der Waals surface area contributed by atoms with E-state index in [1.165, 1.54) is 17.4 Å². The second kappa shape index (κ2) is 10.3. The monoisotopic (exact) mass is 472 g/mol. The molecule has 0 bridgehead atoms. The molecule has 0 aliphatic carbocycles. The third kappa shape index (κ3) is 4.56. The number of hydrogen-bond donors (Lipinski definition) is 0. The van der Waals surface area contributed by atoms with Crippen LogP contribution < -0.4 is 19.6 Å². The van der Waals surface area contributed by atoms with Crippen LogP contribution in [0.25, 0.3) is 12.2 Å². The molecule has 1 aromatic heterocycles. The summed E-state index contributed by atoms with van der Waals surface area (Å²) in [6.07, 6.45) is 6.96. The number of fused-ring (bicyclic) bond motifs is 1. The maximum absolute atomic E-state index is 13.5. The van der Waals surface area contributed by atoms with Crippen LogP contribution in [0, 0.1) is 0 Å². The van der Waals surface area contributed by atoms with E-state index in [0.717, 1.165) is 16.9 Å². The maximum Gasteiger partial charge on any atom is 0.338 e. The Hall–Kier alpha value is -3.97. The fraction of sp³-hybridized carbons (Fsp3) is 0.148. The number of hydrogen-bond acceptors (Lipinski definition) is 6. The molecule has 6 nitrogen and oxygen atoms in total. The van der Waals surface area contributed by atoms with Crippen molar-refractivity contribution in [2.24, 2.45) is 4.99 Å². The molecule has 1 unspecified atom stereocenters. The highest BCUT2D eigenvalue weighted by Crippen LogP contribution is 2.30. The fourth-order valence-electron chi connectivity index (χ4n) is 3.80. The maximum atomic E-state index is 13.5. The number of rotatable bonds is 7. The zero-order chi connectivity index (χ0) is 24.1. The van der Waals surface area contributed by atoms with Crippen LogP contribution in [0.3, 0.4) is 0 Å². The zero-order valence-corrected chi connectivity index (χ0v) is 19.7. The Morgan fingerprint density at radius 2 is 1.91 bits per heavy atom. The Morgan fingerprint density at radius 3 is 2.65 bits per heavy atom. The number of aromatic nitrogens is 1. The molecule has 1 aliphatic rings. The zero-order valence-electron chi connectivity index (χ0n) is 18.9. The lowest BCUT2D eigenvalue weighted by molar-refractivity contribution is -0.138. The number of esters is 1. The molecule has 2 heterocycles. The van der Waals surface area contributed by atoms with Crippen molar-refractivity contribution in [3.05, 3.63) is 115 Å². The van der Waals surface area contributed by atoms with Crippen molar-refractivity contribution >= 4 is 29.5 Å². The van der Waals surface area contributed by atoms with Crippen LogP contribution in [0.5, 0.6) is 5.75 Å². The summed E-state index contributed by atoms with van der Waals surface area (Å²) >= 11 is 1.28. The highest BCUT2D eigenvalue weighted by Gasteiger charge is 2.33. The summed E-state index contributed by atoms with van der Waals surface area (Å²) in [4.78, 5) is 31.5. The molecule has 172 valence electrons. The molecular weight excluding hydrogens is 448 g/mol. The van der Waals surface area contributed by atoms with Gasteiger partial charge in [0.25, 0.3) is 5.56 Å². The molecule has 7 heteroatoms. The fourth-order valence-corrected chi connectivity index (χ4v) is 4.80. The quantitative estimate of drug-likeness (QED) is 0.389. The lowest BCUT2D eigenvalue weighted by atomic mass is 9.96. The highest BCUT2D eigenvalue weighted by atomic mass is 32.1. The van der Waals surface area contributed by atoms with Gasteiger partial charge in [-0.05, 0) is 24.6 Å². The first-order valence-corrected chi connectivity index (χ1v) is 11.5. The molecular formula is C27H24N2O4S. The number of allylic oxidation sites excluding steroid dienone is 2. The normalized spacial score (nSPS) is 15.7. The largest absolute Gasteiger partial charge is 0.496 e. The Bertz CT molecular complexity index is 1460. The second-order valence-corrected chi connectivity index (χ2v) is 8.51. The van der Waals surface area contributed by atoms with E-state index in [1.807, 2.05) is 66.7 Å². The van der Waals surface area contributed by atoms with Crippen molar-refractivity contribution in [3.63, 3.8) is 0 Å². The Labute approximate surface area is 201 Å². The molecule has 0 N–H and O–H groups in total. The summed E-state index contributed by atoms with van der Waals surface area (Å²) in [6.45, 7) is 5.44. The molecule has 0 radical (unpaired) electrons. The number of nitrogens with zero attached hydrogens (tertiary/aromatic N) is 2. The van der Waals surface area contributed by atoms with Crippen LogP contribution in [0.1, 0.15) is 24.1 Å². The smallest absolute Gasteiger partial charge is 0.338 e. The molecule has 1 aliphatic heterocycles. The van der Waals surface area contributed by atoms with Gasteiger partial charge in [-0.15, -0.1) is 0 Å². The van der Waals surface area contributed by atoms with Gasteiger partial charge in [0.05, 0.1) is 29.0 Å². The lowest BCUT2D eigenvalue weighted by Crippen LogP contribution is -2.39. The Kier molecular flexibility index (Phi) is 7.04. The van der Waals surface area contributed by atoms with Crippen LogP contribution in [0.15, 0.2) is 94.4 Å². The first kappa shape index (κ1) is 23.2. The number of carbonyl (C=O) groups excluding carboxylic acids is 1. The van der Waals surface area contributed by atoms with Gasteiger partial charge >= 0.3 is 5.97 Å². The van der Waals surface area contributed by atoms with Crippen molar-refractivity contribution < 1.29 is 14.3 Å². The molecule has 0 saturated heterocycles. The number of carbonyl (C=O) groups is 1. The molecule has 3 aromatic rings. The topological polar surface area (TPSA) is 69.9 Å². The molecule has 0 spiro atoms. The van der Waals surface area contributed by atoms with E-state index in [-0.39, 0.29) is 12.2 Å². The average molecular weight is 473 g/mol. The van der Waals surface area contributed by atoms with Crippen LogP contribution in [-0.2, 0) is 9.53 Å². The highest BCUT2D eigenvalue weighted by molar-refractivity contribution is 7.07. The second-order valence-electron chi connectivity index (χ2n) is 7.50. The number of benzene rings is 2. The van der Waals surface area contributed by atoms with Crippen LogP contribution >= 0.6 is 11.3 Å². The number of ether oxygens (including phenoxy) is 2. The molecule has 0 fully saturated rings. The minimum Gasteiger partial charge on any atom is -0.496 e. The summed E-state index contributed by atoms with van der Waals surface area (Å²) in [5.74, 6) is 0.233. The van der Waals surface area contributed by atoms with Gasteiger partial charge in [0, 0.05) is 5.56 Å². The van der Waals surface area contributed by atoms with Gasteiger partial charge in [-0.1, -0.05) is 84.7 Å². The van der Waals surface area contributed by atoms with Crippen LogP contribution in [0.2, 0.25) is 0 Å². The predicted molar refractivity (Wildman–Crippen MR) is 134 cm³/mol. The predicted octanol–water partition coefficient (Wildman–Crippen LogP) is 3.64. The van der Waals surface area contributed by atoms with E-state index < -0.39 is 12.0 Å². The molecule has 2 aromatic carbocycles. The van der Waals surface area contributed by atoms with E-state index >= 15 is 0 Å². The van der Waals surface area contributed by atoms with Crippen molar-refractivity contribution in [3.8, 4) is 5.75 Å². The van der Waals surface area contributed by atoms with Crippen LogP contribution in [-0.4, -0.2) is 24.3 Å². The Balaban J connectivity index is 1.82. The van der Waals surface area contributed by atoms with Gasteiger partial charge in [0.15, 0.2) is 4.80 Å². The Morgan fingerprint density at radius 1 is 1.18 bits per heavy atom. The van der Waals surface area contributed by atoms with E-state index in [1.54, 1.807) is 24.7 Å². The standard InChI is InChI=1S/C27H24N2O4S/c1-4-17-33-26(31)23-18(2)28-27-29(24(23)20-12-6-5-7-13-20)25(30)22(34-27)16-10-14-19-11-8-9-15-21(19)32-3/h4-16,24H,1,17H2,2-3H3. The summed E-state index contributed by atoms with van der Waals surface area (Å²) < 4.78 is 12.8. The van der Waals surface area contributed by atoms with E-state index in [9.17, 15) is 9.59 Å². The van der Waals surface area contributed by atoms with Gasteiger partial charge in [0.2, 0.25) is 0 Å².